The third-order valence-corrected chi connectivity index (χ3v) is 4.06. The van der Waals surface area contributed by atoms with Crippen molar-refractivity contribution in [2.24, 2.45) is 4.99 Å². The Labute approximate surface area is 141 Å². The predicted molar refractivity (Wildman–Crippen MR) is 88.0 cm³/mol. The van der Waals surface area contributed by atoms with E-state index < -0.39 is 12.2 Å². The van der Waals surface area contributed by atoms with Gasteiger partial charge in [0.25, 0.3) is 0 Å². The fourth-order valence-electron chi connectivity index (χ4n) is 2.43. The molecule has 1 aliphatic heterocycles. The summed E-state index contributed by atoms with van der Waals surface area (Å²) in [6.07, 6.45) is -3.89. The fraction of sp³-hybridized carbons (Fsp3) is 0.867. The number of hydrogen-bond donors (Lipinski definition) is 1. The van der Waals surface area contributed by atoms with Crippen LogP contribution in [0.4, 0.5) is 13.2 Å². The summed E-state index contributed by atoms with van der Waals surface area (Å²) >= 11 is 0. The van der Waals surface area contributed by atoms with Crippen LogP contribution in [0.1, 0.15) is 20.3 Å². The molecule has 0 bridgehead atoms. The van der Waals surface area contributed by atoms with Gasteiger partial charge in [-0.25, -0.2) is 0 Å². The predicted octanol–water partition coefficient (Wildman–Crippen LogP) is 0.999. The molecule has 0 saturated carbocycles. The van der Waals surface area contributed by atoms with E-state index in [1.54, 1.807) is 14.1 Å². The van der Waals surface area contributed by atoms with Crippen LogP contribution in [0.2, 0.25) is 0 Å². The molecule has 1 N–H and O–H groups in total. The zero-order valence-electron chi connectivity index (χ0n) is 14.9. The monoisotopic (exact) mass is 351 g/mol. The van der Waals surface area contributed by atoms with Crippen molar-refractivity contribution in [3.05, 3.63) is 0 Å². The molecule has 9 heteroatoms. The van der Waals surface area contributed by atoms with E-state index >= 15 is 0 Å². The van der Waals surface area contributed by atoms with Gasteiger partial charge in [0.15, 0.2) is 5.96 Å². The highest BCUT2D eigenvalue weighted by molar-refractivity contribution is 5.81. The number of hydrogen-bond acceptors (Lipinski definition) is 3. The number of rotatable bonds is 5. The number of piperazine rings is 1. The maximum atomic E-state index is 12.8. The average Bonchev–Trinajstić information content (AvgIpc) is 2.52. The van der Waals surface area contributed by atoms with Crippen molar-refractivity contribution >= 4 is 11.9 Å². The molecule has 6 nitrogen and oxygen atoms in total. The van der Waals surface area contributed by atoms with E-state index in [2.05, 4.69) is 10.3 Å². The van der Waals surface area contributed by atoms with Crippen LogP contribution < -0.4 is 5.32 Å². The van der Waals surface area contributed by atoms with Crippen LogP contribution in [-0.4, -0.2) is 92.1 Å². The van der Waals surface area contributed by atoms with Crippen molar-refractivity contribution in [3.8, 4) is 0 Å². The maximum absolute atomic E-state index is 12.8. The second kappa shape index (κ2) is 9.10. The van der Waals surface area contributed by atoms with E-state index in [1.807, 2.05) is 11.8 Å². The summed E-state index contributed by atoms with van der Waals surface area (Å²) in [5.41, 5.74) is 0. The molecule has 1 fully saturated rings. The molecule has 0 aliphatic carbocycles. The van der Waals surface area contributed by atoms with Gasteiger partial charge in [-0.3, -0.25) is 14.7 Å². The molecule has 24 heavy (non-hydrogen) atoms. The van der Waals surface area contributed by atoms with E-state index in [0.717, 1.165) is 0 Å². The number of alkyl halides is 3. The van der Waals surface area contributed by atoms with Gasteiger partial charge in [-0.15, -0.1) is 0 Å². The summed E-state index contributed by atoms with van der Waals surface area (Å²) in [6, 6.07) is -1.43. The van der Waals surface area contributed by atoms with Gasteiger partial charge in [-0.05, 0) is 13.8 Å². The number of carbonyl (C=O) groups is 1. The Morgan fingerprint density at radius 2 is 1.83 bits per heavy atom. The smallest absolute Gasteiger partial charge is 0.357 e. The quantitative estimate of drug-likeness (QED) is 0.593. The number of nitrogens with one attached hydrogen (secondary N) is 1. The molecule has 1 saturated heterocycles. The molecule has 1 unspecified atom stereocenters. The molecule has 0 aromatic heterocycles. The second-order valence-corrected chi connectivity index (χ2v) is 6.01. The molecule has 0 aromatic carbocycles. The van der Waals surface area contributed by atoms with Crippen LogP contribution in [0.25, 0.3) is 0 Å². The molecule has 1 atom stereocenters. The fourth-order valence-corrected chi connectivity index (χ4v) is 2.43. The largest absolute Gasteiger partial charge is 0.403 e. The second-order valence-electron chi connectivity index (χ2n) is 6.01. The topological polar surface area (TPSA) is 51.2 Å². The van der Waals surface area contributed by atoms with Gasteiger partial charge in [0.05, 0.1) is 6.54 Å². The average molecular weight is 351 g/mol. The minimum atomic E-state index is -4.20. The van der Waals surface area contributed by atoms with Gasteiger partial charge >= 0.3 is 6.18 Å². The lowest BCUT2D eigenvalue weighted by molar-refractivity contribution is -0.181. The van der Waals surface area contributed by atoms with Crippen LogP contribution >= 0.6 is 0 Å². The van der Waals surface area contributed by atoms with Crippen molar-refractivity contribution in [1.82, 2.24) is 20.0 Å². The van der Waals surface area contributed by atoms with Gasteiger partial charge in [0.2, 0.25) is 5.91 Å². The van der Waals surface area contributed by atoms with Gasteiger partial charge in [0.1, 0.15) is 6.04 Å². The highest BCUT2D eigenvalue weighted by Crippen LogP contribution is 2.25. The summed E-state index contributed by atoms with van der Waals surface area (Å²) in [5, 5.41) is 3.14. The third-order valence-electron chi connectivity index (χ3n) is 4.06. The van der Waals surface area contributed by atoms with Crippen molar-refractivity contribution in [2.45, 2.75) is 32.5 Å². The normalized spacial score (nSPS) is 18.5. The minimum Gasteiger partial charge on any atom is -0.357 e. The molecule has 1 aliphatic rings. The molecular formula is C15H28F3N5O. The summed E-state index contributed by atoms with van der Waals surface area (Å²) in [6.45, 7) is 5.79. The first-order chi connectivity index (χ1) is 11.2. The molecule has 0 aromatic rings. The van der Waals surface area contributed by atoms with E-state index in [-0.39, 0.29) is 5.91 Å². The lowest BCUT2D eigenvalue weighted by atomic mass is 10.2. The van der Waals surface area contributed by atoms with Gasteiger partial charge in [-0.2, -0.15) is 13.2 Å². The number of guanidine groups is 1. The van der Waals surface area contributed by atoms with Crippen molar-refractivity contribution in [2.75, 3.05) is 53.4 Å². The Morgan fingerprint density at radius 1 is 1.25 bits per heavy atom. The summed E-state index contributed by atoms with van der Waals surface area (Å²) in [7, 11) is 3.39. The number of carbonyl (C=O) groups excluding carboxylic acids is 1. The SMILES string of the molecule is CCNC(=NCCC(=O)N(C)C)N1CCN(C(C)C(F)(F)F)CC1. The molecule has 1 rings (SSSR count). The van der Waals surface area contributed by atoms with E-state index in [9.17, 15) is 18.0 Å². The Kier molecular flexibility index (Phi) is 7.78. The Hall–Kier alpha value is -1.51. The summed E-state index contributed by atoms with van der Waals surface area (Å²) < 4.78 is 38.4. The zero-order chi connectivity index (χ0) is 18.3. The van der Waals surface area contributed by atoms with Crippen LogP contribution in [0.15, 0.2) is 4.99 Å². The first-order valence-electron chi connectivity index (χ1n) is 8.21. The lowest BCUT2D eigenvalue weighted by Crippen LogP contribution is -2.56. The molecule has 1 heterocycles. The first-order valence-corrected chi connectivity index (χ1v) is 8.21. The van der Waals surface area contributed by atoms with Gasteiger partial charge < -0.3 is 15.1 Å². The Bertz CT molecular complexity index is 431. The highest BCUT2D eigenvalue weighted by atomic mass is 19.4. The number of halogens is 3. The number of amides is 1. The zero-order valence-corrected chi connectivity index (χ0v) is 14.9. The van der Waals surface area contributed by atoms with Crippen molar-refractivity contribution in [1.29, 1.82) is 0 Å². The molecule has 0 radical (unpaired) electrons. The lowest BCUT2D eigenvalue weighted by Gasteiger charge is -2.39. The summed E-state index contributed by atoms with van der Waals surface area (Å²) in [4.78, 5) is 20.9. The van der Waals surface area contributed by atoms with Crippen LogP contribution in [0.3, 0.4) is 0 Å². The van der Waals surface area contributed by atoms with Gasteiger partial charge in [-0.1, -0.05) is 0 Å². The number of nitrogens with zero attached hydrogens (tertiary/aromatic N) is 4. The molecular weight excluding hydrogens is 323 g/mol. The van der Waals surface area contributed by atoms with E-state index in [4.69, 9.17) is 0 Å². The Balaban J connectivity index is 2.58. The van der Waals surface area contributed by atoms with Crippen LogP contribution in [-0.2, 0) is 4.79 Å². The van der Waals surface area contributed by atoms with Gasteiger partial charge in [0, 0.05) is 53.2 Å². The third kappa shape index (κ3) is 6.18. The first kappa shape index (κ1) is 20.5. The van der Waals surface area contributed by atoms with Crippen LogP contribution in [0, 0.1) is 0 Å². The maximum Gasteiger partial charge on any atom is 0.403 e. The molecule has 0 spiro atoms. The Morgan fingerprint density at radius 3 is 2.29 bits per heavy atom. The molecule has 1 amide bonds. The molecule has 140 valence electrons. The van der Waals surface area contributed by atoms with Crippen LogP contribution in [0.5, 0.6) is 0 Å². The van der Waals surface area contributed by atoms with Crippen molar-refractivity contribution < 1.29 is 18.0 Å². The highest BCUT2D eigenvalue weighted by Gasteiger charge is 2.41. The van der Waals surface area contributed by atoms with E-state index in [1.165, 1.54) is 16.7 Å². The summed E-state index contributed by atoms with van der Waals surface area (Å²) in [5.74, 6) is 0.654. The number of aliphatic imine (C=N–C) groups is 1. The minimum absolute atomic E-state index is 0.00146. The van der Waals surface area contributed by atoms with E-state index in [0.29, 0.717) is 51.6 Å². The standard InChI is InChI=1S/C15H28F3N5O/c1-5-19-14(20-7-6-13(24)21(3)4)23-10-8-22(9-11-23)12(2)15(16,17)18/h12H,5-11H2,1-4H3,(H,19,20). The van der Waals surface area contributed by atoms with Crippen molar-refractivity contribution in [3.63, 3.8) is 0 Å².